The monoisotopic (exact) mass is 393 g/mol. The zero-order valence-electron chi connectivity index (χ0n) is 16.0. The first-order chi connectivity index (χ1) is 14.1. The molecule has 0 spiro atoms. The van der Waals surface area contributed by atoms with E-state index in [1.807, 2.05) is 24.3 Å². The number of carboxylic acid groups (broad SMARTS) is 1. The molecule has 2 atom stereocenters. The topological polar surface area (TPSA) is 76.1 Å². The van der Waals surface area contributed by atoms with Crippen molar-refractivity contribution in [1.82, 2.24) is 4.90 Å². The van der Waals surface area contributed by atoms with Gasteiger partial charge in [0.05, 0.1) is 19.3 Å². The first-order valence-electron chi connectivity index (χ1n) is 10.0. The van der Waals surface area contributed by atoms with Gasteiger partial charge in [-0.1, -0.05) is 48.5 Å². The Hall–Kier alpha value is -2.86. The minimum Gasteiger partial charge on any atom is -0.481 e. The third-order valence-electron chi connectivity index (χ3n) is 6.67. The van der Waals surface area contributed by atoms with E-state index in [4.69, 9.17) is 9.47 Å². The molecule has 0 radical (unpaired) electrons. The number of carbonyl (C=O) groups excluding carboxylic acids is 1. The van der Waals surface area contributed by atoms with Crippen molar-refractivity contribution in [3.05, 3.63) is 59.7 Å². The van der Waals surface area contributed by atoms with Crippen molar-refractivity contribution >= 4 is 12.1 Å². The van der Waals surface area contributed by atoms with E-state index in [1.165, 1.54) is 11.1 Å². The summed E-state index contributed by atoms with van der Waals surface area (Å²) in [4.78, 5) is 26.4. The maximum atomic E-state index is 12.9. The molecule has 0 unspecified atom stereocenters. The molecule has 150 valence electrons. The Bertz CT molecular complexity index is 928. The Labute approximate surface area is 169 Å². The number of fused-ring (bicyclic) bond motifs is 4. The molecule has 0 saturated carbocycles. The van der Waals surface area contributed by atoms with E-state index in [0.717, 1.165) is 11.1 Å². The minimum absolute atomic E-state index is 0.0137. The average Bonchev–Trinajstić information content (AvgIpc) is 3.32. The predicted octanol–water partition coefficient (Wildman–Crippen LogP) is 3.50. The fourth-order valence-corrected chi connectivity index (χ4v) is 5.16. The zero-order valence-corrected chi connectivity index (χ0v) is 16.0. The molecule has 0 aromatic heterocycles. The van der Waals surface area contributed by atoms with Crippen molar-refractivity contribution in [3.63, 3.8) is 0 Å². The highest BCUT2D eigenvalue weighted by Gasteiger charge is 2.56. The van der Waals surface area contributed by atoms with Gasteiger partial charge in [0.15, 0.2) is 0 Å². The Morgan fingerprint density at radius 1 is 1.10 bits per heavy atom. The standard InChI is InChI=1S/C23H23NO5/c25-21(26)23-10-5-11-24(20(23)13-28-14-23)22(27)29-12-19-17-8-3-1-6-15(17)16-7-2-4-9-18(16)19/h1-4,6-9,19-20H,5,10-14H2,(H,25,26)/t20-,23+/m0/s1. The summed E-state index contributed by atoms with van der Waals surface area (Å²) in [7, 11) is 0. The van der Waals surface area contributed by atoms with Crippen LogP contribution < -0.4 is 0 Å². The Balaban J connectivity index is 1.36. The van der Waals surface area contributed by atoms with E-state index in [0.29, 0.717) is 19.4 Å². The lowest BCUT2D eigenvalue weighted by Crippen LogP contribution is -2.57. The highest BCUT2D eigenvalue weighted by molar-refractivity contribution is 5.80. The molecule has 2 heterocycles. The summed E-state index contributed by atoms with van der Waals surface area (Å²) in [5, 5.41) is 9.76. The van der Waals surface area contributed by atoms with Crippen LogP contribution in [-0.4, -0.2) is 54.5 Å². The van der Waals surface area contributed by atoms with Crippen molar-refractivity contribution < 1.29 is 24.2 Å². The summed E-state index contributed by atoms with van der Waals surface area (Å²) in [6.07, 6.45) is 0.712. The number of carboxylic acids is 1. The van der Waals surface area contributed by atoms with E-state index >= 15 is 0 Å². The summed E-state index contributed by atoms with van der Waals surface area (Å²) in [5.74, 6) is -0.906. The smallest absolute Gasteiger partial charge is 0.410 e. The highest BCUT2D eigenvalue weighted by atomic mass is 16.6. The van der Waals surface area contributed by atoms with Crippen LogP contribution in [0.4, 0.5) is 4.79 Å². The van der Waals surface area contributed by atoms with Gasteiger partial charge in [-0.15, -0.1) is 0 Å². The van der Waals surface area contributed by atoms with E-state index in [2.05, 4.69) is 24.3 Å². The minimum atomic E-state index is -1.01. The molecule has 2 saturated heterocycles. The van der Waals surface area contributed by atoms with Crippen molar-refractivity contribution in [2.45, 2.75) is 24.8 Å². The molecule has 3 aliphatic rings. The number of likely N-dealkylation sites (tertiary alicyclic amines) is 1. The van der Waals surface area contributed by atoms with Gasteiger partial charge >= 0.3 is 12.1 Å². The second kappa shape index (κ2) is 6.88. The average molecular weight is 393 g/mol. The lowest BCUT2D eigenvalue weighted by Gasteiger charge is -2.41. The van der Waals surface area contributed by atoms with Crippen LogP contribution >= 0.6 is 0 Å². The van der Waals surface area contributed by atoms with Gasteiger partial charge in [0.2, 0.25) is 0 Å². The summed E-state index contributed by atoms with van der Waals surface area (Å²) in [6.45, 7) is 1.13. The lowest BCUT2D eigenvalue weighted by atomic mass is 9.75. The van der Waals surface area contributed by atoms with Gasteiger partial charge in [-0.05, 0) is 35.1 Å². The van der Waals surface area contributed by atoms with Crippen molar-refractivity contribution in [3.8, 4) is 11.1 Å². The summed E-state index contributed by atoms with van der Waals surface area (Å²) in [6, 6.07) is 15.9. The second-order valence-corrected chi connectivity index (χ2v) is 8.09. The molecular formula is C23H23NO5. The predicted molar refractivity (Wildman–Crippen MR) is 106 cm³/mol. The van der Waals surface area contributed by atoms with Gasteiger partial charge < -0.3 is 19.5 Å². The molecule has 0 bridgehead atoms. The van der Waals surface area contributed by atoms with Gasteiger partial charge in [0.1, 0.15) is 12.0 Å². The molecule has 2 aromatic rings. The molecule has 1 aliphatic carbocycles. The van der Waals surface area contributed by atoms with Crippen LogP contribution in [0.15, 0.2) is 48.5 Å². The summed E-state index contributed by atoms with van der Waals surface area (Å²) < 4.78 is 11.2. The van der Waals surface area contributed by atoms with Crippen LogP contribution in [0, 0.1) is 5.41 Å². The molecule has 29 heavy (non-hydrogen) atoms. The van der Waals surface area contributed by atoms with Gasteiger partial charge in [-0.2, -0.15) is 0 Å². The van der Waals surface area contributed by atoms with Crippen LogP contribution in [0.1, 0.15) is 29.9 Å². The van der Waals surface area contributed by atoms with Crippen molar-refractivity contribution in [2.24, 2.45) is 5.41 Å². The Morgan fingerprint density at radius 2 is 1.76 bits per heavy atom. The molecule has 1 N–H and O–H groups in total. The molecule has 1 amide bonds. The van der Waals surface area contributed by atoms with Gasteiger partial charge in [-0.3, -0.25) is 4.79 Å². The molecule has 6 heteroatoms. The first kappa shape index (κ1) is 18.2. The van der Waals surface area contributed by atoms with Crippen LogP contribution in [-0.2, 0) is 14.3 Å². The quantitative estimate of drug-likeness (QED) is 0.864. The lowest BCUT2D eigenvalue weighted by molar-refractivity contribution is -0.153. The number of rotatable bonds is 3. The van der Waals surface area contributed by atoms with E-state index in [9.17, 15) is 14.7 Å². The van der Waals surface area contributed by atoms with Gasteiger partial charge in [-0.25, -0.2) is 4.79 Å². The number of hydrogen-bond donors (Lipinski definition) is 1. The number of piperidine rings is 1. The van der Waals surface area contributed by atoms with Crippen molar-refractivity contribution in [1.29, 1.82) is 0 Å². The highest BCUT2D eigenvalue weighted by Crippen LogP contribution is 2.45. The number of ether oxygens (including phenoxy) is 2. The third-order valence-corrected chi connectivity index (χ3v) is 6.67. The number of aliphatic carboxylic acids is 1. The molecule has 5 rings (SSSR count). The Kier molecular flexibility index (Phi) is 4.32. The van der Waals surface area contributed by atoms with E-state index in [-0.39, 0.29) is 25.7 Å². The zero-order chi connectivity index (χ0) is 20.0. The molecular weight excluding hydrogens is 370 g/mol. The number of benzene rings is 2. The second-order valence-electron chi connectivity index (χ2n) is 8.09. The number of carbonyl (C=O) groups is 2. The van der Waals surface area contributed by atoms with Crippen LogP contribution in [0.3, 0.4) is 0 Å². The Morgan fingerprint density at radius 3 is 2.41 bits per heavy atom. The number of nitrogens with zero attached hydrogens (tertiary/aromatic N) is 1. The normalized spacial score (nSPS) is 25.2. The maximum absolute atomic E-state index is 12.9. The number of amides is 1. The fourth-order valence-electron chi connectivity index (χ4n) is 5.16. The van der Waals surface area contributed by atoms with Crippen LogP contribution in [0.25, 0.3) is 11.1 Å². The van der Waals surface area contributed by atoms with Crippen LogP contribution in [0.2, 0.25) is 0 Å². The van der Waals surface area contributed by atoms with Crippen molar-refractivity contribution in [2.75, 3.05) is 26.4 Å². The largest absolute Gasteiger partial charge is 0.481 e. The van der Waals surface area contributed by atoms with Gasteiger partial charge in [0.25, 0.3) is 0 Å². The molecule has 2 aromatic carbocycles. The molecule has 2 fully saturated rings. The SMILES string of the molecule is O=C(OCC1c2ccccc2-c2ccccc21)N1CCC[C@@]2(C(=O)O)COC[C@H]12. The van der Waals surface area contributed by atoms with E-state index in [1.54, 1.807) is 4.90 Å². The fraction of sp³-hybridized carbons (Fsp3) is 0.391. The maximum Gasteiger partial charge on any atom is 0.410 e. The molecule has 6 nitrogen and oxygen atoms in total. The van der Waals surface area contributed by atoms with Gasteiger partial charge in [0, 0.05) is 12.5 Å². The molecule has 2 aliphatic heterocycles. The first-order valence-corrected chi connectivity index (χ1v) is 10.0. The summed E-state index contributed by atoms with van der Waals surface area (Å²) in [5.41, 5.74) is 3.66. The number of hydrogen-bond acceptors (Lipinski definition) is 4. The third kappa shape index (κ3) is 2.74. The van der Waals surface area contributed by atoms with E-state index < -0.39 is 23.5 Å². The van der Waals surface area contributed by atoms with Crippen LogP contribution in [0.5, 0.6) is 0 Å². The summed E-state index contributed by atoms with van der Waals surface area (Å²) >= 11 is 0.